The summed E-state index contributed by atoms with van der Waals surface area (Å²) in [5.74, 6) is 0.739. The highest BCUT2D eigenvalue weighted by molar-refractivity contribution is 6.30. The Labute approximate surface area is 152 Å². The molecular formula is C20H33ClN2O. The van der Waals surface area contributed by atoms with Gasteiger partial charge < -0.3 is 14.9 Å². The minimum atomic E-state index is -0.0162. The van der Waals surface area contributed by atoms with Crippen molar-refractivity contribution in [2.75, 3.05) is 46.4 Å². The first-order valence-corrected chi connectivity index (χ1v) is 9.52. The first-order chi connectivity index (χ1) is 11.4. The topological polar surface area (TPSA) is 26.7 Å². The molecule has 1 aliphatic rings. The highest BCUT2D eigenvalue weighted by Gasteiger charge is 2.24. The van der Waals surface area contributed by atoms with Gasteiger partial charge in [0.05, 0.1) is 0 Å². The van der Waals surface area contributed by atoms with Crippen LogP contribution in [0.3, 0.4) is 0 Å². The van der Waals surface area contributed by atoms with Crippen LogP contribution in [-0.2, 0) is 6.42 Å². The van der Waals surface area contributed by atoms with Gasteiger partial charge in [-0.25, -0.2) is 0 Å². The van der Waals surface area contributed by atoms with E-state index in [-0.39, 0.29) is 12.0 Å². The van der Waals surface area contributed by atoms with E-state index in [1.165, 1.54) is 31.5 Å². The molecule has 1 aromatic rings. The minimum Gasteiger partial charge on any atom is -0.396 e. The zero-order chi connectivity index (χ0) is 17.6. The number of likely N-dealkylation sites (tertiary alicyclic amines) is 1. The van der Waals surface area contributed by atoms with Crippen LogP contribution < -0.4 is 0 Å². The van der Waals surface area contributed by atoms with Crippen LogP contribution in [-0.4, -0.2) is 61.3 Å². The van der Waals surface area contributed by atoms with E-state index in [9.17, 15) is 5.11 Å². The van der Waals surface area contributed by atoms with E-state index in [1.807, 2.05) is 12.1 Å². The molecule has 1 saturated heterocycles. The predicted molar refractivity (Wildman–Crippen MR) is 103 cm³/mol. The highest BCUT2D eigenvalue weighted by Crippen LogP contribution is 2.21. The van der Waals surface area contributed by atoms with Gasteiger partial charge in [-0.1, -0.05) is 37.6 Å². The number of halogens is 1. The quantitative estimate of drug-likeness (QED) is 0.775. The van der Waals surface area contributed by atoms with E-state index in [4.69, 9.17) is 11.6 Å². The molecule has 0 bridgehead atoms. The van der Waals surface area contributed by atoms with Gasteiger partial charge in [-0.15, -0.1) is 0 Å². The number of aliphatic hydroxyl groups excluding tert-OH is 1. The van der Waals surface area contributed by atoms with Crippen molar-refractivity contribution < 1.29 is 5.11 Å². The Morgan fingerprint density at radius 1 is 1.29 bits per heavy atom. The second-order valence-corrected chi connectivity index (χ2v) is 8.64. The van der Waals surface area contributed by atoms with E-state index in [0.29, 0.717) is 0 Å². The molecule has 1 aromatic carbocycles. The Hall–Kier alpha value is -0.610. The normalized spacial score (nSPS) is 19.8. The maximum atomic E-state index is 9.44. The highest BCUT2D eigenvalue weighted by atomic mass is 35.5. The molecule has 1 fully saturated rings. The standard InChI is InChI=1S/C20H33ClN2O/c1-20(2,16-24)15-22(3)13-18-5-4-11-23(14-18)12-10-17-6-8-19(21)9-7-17/h6-9,18,24H,4-5,10-16H2,1-3H3. The summed E-state index contributed by atoms with van der Waals surface area (Å²) < 4.78 is 0. The van der Waals surface area contributed by atoms with E-state index >= 15 is 0 Å². The van der Waals surface area contributed by atoms with Gasteiger partial charge in [-0.3, -0.25) is 0 Å². The molecule has 1 aliphatic heterocycles. The molecule has 2 rings (SSSR count). The first kappa shape index (κ1) is 19.7. The lowest BCUT2D eigenvalue weighted by Crippen LogP contribution is -2.43. The number of nitrogens with zero attached hydrogens (tertiary/aromatic N) is 2. The lowest BCUT2D eigenvalue weighted by Gasteiger charge is -2.36. The van der Waals surface area contributed by atoms with Crippen molar-refractivity contribution >= 4 is 11.6 Å². The molecular weight excluding hydrogens is 320 g/mol. The van der Waals surface area contributed by atoms with Crippen LogP contribution >= 0.6 is 11.6 Å². The van der Waals surface area contributed by atoms with Gasteiger partial charge in [-0.05, 0) is 56.5 Å². The molecule has 0 saturated carbocycles. The van der Waals surface area contributed by atoms with Crippen molar-refractivity contribution in [1.82, 2.24) is 9.80 Å². The molecule has 0 amide bonds. The van der Waals surface area contributed by atoms with Crippen molar-refractivity contribution in [3.63, 3.8) is 0 Å². The monoisotopic (exact) mass is 352 g/mol. The van der Waals surface area contributed by atoms with Crippen molar-refractivity contribution in [2.45, 2.75) is 33.1 Å². The smallest absolute Gasteiger partial charge is 0.0494 e. The second-order valence-electron chi connectivity index (χ2n) is 8.20. The molecule has 3 nitrogen and oxygen atoms in total. The minimum absolute atomic E-state index is 0.0162. The van der Waals surface area contributed by atoms with Gasteiger partial charge in [0.2, 0.25) is 0 Å². The van der Waals surface area contributed by atoms with Gasteiger partial charge in [0.15, 0.2) is 0 Å². The third-order valence-electron chi connectivity index (χ3n) is 4.93. The summed E-state index contributed by atoms with van der Waals surface area (Å²) in [5.41, 5.74) is 1.35. The van der Waals surface area contributed by atoms with Crippen molar-refractivity contribution in [3.05, 3.63) is 34.9 Å². The molecule has 1 N–H and O–H groups in total. The van der Waals surface area contributed by atoms with Crippen molar-refractivity contribution in [2.24, 2.45) is 11.3 Å². The summed E-state index contributed by atoms with van der Waals surface area (Å²) in [6.45, 7) is 10.1. The SMILES string of the molecule is CN(CC1CCCN(CCc2ccc(Cl)cc2)C1)CC(C)(C)CO. The Balaban J connectivity index is 1.75. The summed E-state index contributed by atoms with van der Waals surface area (Å²) in [5, 5.41) is 10.3. The number of hydrogen-bond acceptors (Lipinski definition) is 3. The lowest BCUT2D eigenvalue weighted by atomic mass is 9.92. The average Bonchev–Trinajstić information content (AvgIpc) is 2.54. The largest absolute Gasteiger partial charge is 0.396 e. The van der Waals surface area contributed by atoms with Gasteiger partial charge in [0.25, 0.3) is 0 Å². The van der Waals surface area contributed by atoms with Crippen LogP contribution in [0.2, 0.25) is 5.02 Å². The predicted octanol–water partition coefficient (Wildman–Crippen LogP) is 3.54. The molecule has 0 aliphatic carbocycles. The number of rotatable bonds is 8. The summed E-state index contributed by atoms with van der Waals surface area (Å²) in [4.78, 5) is 5.00. The number of aliphatic hydroxyl groups is 1. The van der Waals surface area contributed by atoms with E-state index < -0.39 is 0 Å². The van der Waals surface area contributed by atoms with Crippen LogP contribution in [0.4, 0.5) is 0 Å². The fourth-order valence-corrected chi connectivity index (χ4v) is 3.85. The van der Waals surface area contributed by atoms with Crippen molar-refractivity contribution in [3.8, 4) is 0 Å². The lowest BCUT2D eigenvalue weighted by molar-refractivity contribution is 0.0907. The second kappa shape index (κ2) is 9.19. The third-order valence-corrected chi connectivity index (χ3v) is 5.18. The molecule has 0 aromatic heterocycles. The number of benzene rings is 1. The maximum Gasteiger partial charge on any atom is 0.0494 e. The van der Waals surface area contributed by atoms with Crippen LogP contribution in [0.25, 0.3) is 0 Å². The van der Waals surface area contributed by atoms with Gasteiger partial charge in [-0.2, -0.15) is 0 Å². The molecule has 4 heteroatoms. The zero-order valence-electron chi connectivity index (χ0n) is 15.5. The molecule has 1 unspecified atom stereocenters. The van der Waals surface area contributed by atoms with Crippen LogP contribution in [0.1, 0.15) is 32.3 Å². The number of piperidine rings is 1. The summed E-state index contributed by atoms with van der Waals surface area (Å²) in [7, 11) is 2.18. The Kier molecular flexibility index (Phi) is 7.55. The summed E-state index contributed by atoms with van der Waals surface area (Å²) in [6.07, 6.45) is 3.71. The first-order valence-electron chi connectivity index (χ1n) is 9.14. The molecule has 1 heterocycles. The van der Waals surface area contributed by atoms with Crippen LogP contribution in [0.5, 0.6) is 0 Å². The molecule has 0 radical (unpaired) electrons. The van der Waals surface area contributed by atoms with E-state index in [2.05, 4.69) is 42.8 Å². The van der Waals surface area contributed by atoms with Crippen LogP contribution in [0.15, 0.2) is 24.3 Å². The fourth-order valence-electron chi connectivity index (χ4n) is 3.73. The third kappa shape index (κ3) is 6.72. The zero-order valence-corrected chi connectivity index (χ0v) is 16.2. The fraction of sp³-hybridized carbons (Fsp3) is 0.700. The Morgan fingerprint density at radius 3 is 2.67 bits per heavy atom. The summed E-state index contributed by atoms with van der Waals surface area (Å²) in [6, 6.07) is 8.23. The molecule has 1 atom stereocenters. The average molecular weight is 353 g/mol. The van der Waals surface area contributed by atoms with E-state index in [1.54, 1.807) is 0 Å². The number of hydrogen-bond donors (Lipinski definition) is 1. The summed E-state index contributed by atoms with van der Waals surface area (Å²) >= 11 is 5.95. The molecule has 24 heavy (non-hydrogen) atoms. The Bertz CT molecular complexity index is 489. The Morgan fingerprint density at radius 2 is 2.00 bits per heavy atom. The van der Waals surface area contributed by atoms with Crippen LogP contribution in [0, 0.1) is 11.3 Å². The van der Waals surface area contributed by atoms with Gasteiger partial charge in [0.1, 0.15) is 0 Å². The van der Waals surface area contributed by atoms with Crippen molar-refractivity contribution in [1.29, 1.82) is 0 Å². The van der Waals surface area contributed by atoms with E-state index in [0.717, 1.165) is 37.0 Å². The molecule has 0 spiro atoms. The van der Waals surface area contributed by atoms with Gasteiger partial charge >= 0.3 is 0 Å². The maximum absolute atomic E-state index is 9.44. The molecule has 136 valence electrons. The van der Waals surface area contributed by atoms with Gasteiger partial charge in [0, 0.05) is 43.2 Å².